The predicted octanol–water partition coefficient (Wildman–Crippen LogP) is 3.87. The number of Topliss-reactive ketones (excluding diaryl/α,β-unsaturated/α-hetero) is 1. The van der Waals surface area contributed by atoms with Gasteiger partial charge in [0.1, 0.15) is 5.69 Å². The van der Waals surface area contributed by atoms with Crippen molar-refractivity contribution in [2.45, 2.75) is 13.8 Å². The van der Waals surface area contributed by atoms with E-state index in [1.54, 1.807) is 24.1 Å². The number of nitro benzene ring substituents is 1. The summed E-state index contributed by atoms with van der Waals surface area (Å²) in [6.45, 7) is 3.35. The zero-order valence-corrected chi connectivity index (χ0v) is 12.2. The summed E-state index contributed by atoms with van der Waals surface area (Å²) in [6, 6.07) is 12.2. The molecule has 0 aliphatic heterocycles. The molecule has 0 amide bonds. The monoisotopic (exact) mass is 284 g/mol. The van der Waals surface area contributed by atoms with Crippen molar-refractivity contribution in [3.63, 3.8) is 0 Å². The van der Waals surface area contributed by atoms with Crippen molar-refractivity contribution < 1.29 is 9.72 Å². The van der Waals surface area contributed by atoms with Crippen LogP contribution in [0.2, 0.25) is 0 Å². The van der Waals surface area contributed by atoms with Crippen molar-refractivity contribution in [1.82, 2.24) is 0 Å². The highest BCUT2D eigenvalue weighted by Crippen LogP contribution is 2.33. The maximum absolute atomic E-state index is 11.4. The molecule has 2 rings (SSSR count). The van der Waals surface area contributed by atoms with E-state index in [0.29, 0.717) is 11.3 Å². The summed E-state index contributed by atoms with van der Waals surface area (Å²) >= 11 is 0. The average molecular weight is 284 g/mol. The second-order valence-electron chi connectivity index (χ2n) is 4.91. The van der Waals surface area contributed by atoms with Crippen LogP contribution in [0.25, 0.3) is 0 Å². The van der Waals surface area contributed by atoms with Gasteiger partial charge in [-0.3, -0.25) is 14.9 Å². The minimum atomic E-state index is -0.464. The van der Waals surface area contributed by atoms with Gasteiger partial charge in [-0.2, -0.15) is 0 Å². The van der Waals surface area contributed by atoms with Crippen LogP contribution in [-0.2, 0) is 0 Å². The smallest absolute Gasteiger partial charge is 0.293 e. The molecular formula is C16H16N2O3. The Bertz CT molecular complexity index is 710. The Morgan fingerprint density at radius 2 is 1.90 bits per heavy atom. The lowest BCUT2D eigenvalue weighted by Gasteiger charge is -2.20. The molecular weight excluding hydrogens is 268 g/mol. The van der Waals surface area contributed by atoms with Crippen LogP contribution in [0.5, 0.6) is 0 Å². The first-order valence-corrected chi connectivity index (χ1v) is 6.50. The van der Waals surface area contributed by atoms with Crippen molar-refractivity contribution >= 4 is 22.8 Å². The van der Waals surface area contributed by atoms with E-state index in [0.717, 1.165) is 11.3 Å². The van der Waals surface area contributed by atoms with Crippen LogP contribution in [0.15, 0.2) is 42.5 Å². The molecule has 0 saturated carbocycles. The van der Waals surface area contributed by atoms with Gasteiger partial charge in [-0.05, 0) is 43.7 Å². The second kappa shape index (κ2) is 5.75. The van der Waals surface area contributed by atoms with Crippen LogP contribution in [0, 0.1) is 17.0 Å². The fourth-order valence-electron chi connectivity index (χ4n) is 2.15. The Morgan fingerprint density at radius 3 is 2.48 bits per heavy atom. The number of hydrogen-bond acceptors (Lipinski definition) is 4. The SMILES string of the molecule is CC(=O)c1ccc(N(C)c2cccc(C)c2)c([N+](=O)[O-])c1. The van der Waals surface area contributed by atoms with Crippen molar-refractivity contribution in [2.24, 2.45) is 0 Å². The van der Waals surface area contributed by atoms with Gasteiger partial charge in [0.15, 0.2) is 5.78 Å². The number of aryl methyl sites for hydroxylation is 1. The number of nitro groups is 1. The van der Waals surface area contributed by atoms with E-state index in [-0.39, 0.29) is 11.5 Å². The summed E-state index contributed by atoms with van der Waals surface area (Å²) in [4.78, 5) is 23.9. The zero-order chi connectivity index (χ0) is 15.6. The Balaban J connectivity index is 2.52. The molecule has 108 valence electrons. The van der Waals surface area contributed by atoms with Gasteiger partial charge in [-0.15, -0.1) is 0 Å². The van der Waals surface area contributed by atoms with Crippen LogP contribution in [0.3, 0.4) is 0 Å². The van der Waals surface area contributed by atoms with Gasteiger partial charge in [-0.1, -0.05) is 12.1 Å². The molecule has 0 radical (unpaired) electrons. The fourth-order valence-corrected chi connectivity index (χ4v) is 2.15. The van der Waals surface area contributed by atoms with Gasteiger partial charge in [-0.25, -0.2) is 0 Å². The molecule has 0 unspecified atom stereocenters. The van der Waals surface area contributed by atoms with Crippen LogP contribution < -0.4 is 4.90 Å². The normalized spacial score (nSPS) is 10.2. The van der Waals surface area contributed by atoms with Gasteiger partial charge < -0.3 is 4.90 Å². The van der Waals surface area contributed by atoms with Gasteiger partial charge in [0.2, 0.25) is 0 Å². The lowest BCUT2D eigenvalue weighted by Crippen LogP contribution is -2.12. The zero-order valence-electron chi connectivity index (χ0n) is 12.2. The molecule has 0 heterocycles. The van der Waals surface area contributed by atoms with Gasteiger partial charge in [0.05, 0.1) is 4.92 Å². The molecule has 5 nitrogen and oxygen atoms in total. The lowest BCUT2D eigenvalue weighted by molar-refractivity contribution is -0.384. The van der Waals surface area contributed by atoms with Crippen molar-refractivity contribution in [2.75, 3.05) is 11.9 Å². The maximum atomic E-state index is 11.4. The van der Waals surface area contributed by atoms with E-state index in [9.17, 15) is 14.9 Å². The van der Waals surface area contributed by atoms with Gasteiger partial charge in [0, 0.05) is 24.4 Å². The number of nitrogens with zero attached hydrogens (tertiary/aromatic N) is 2. The standard InChI is InChI=1S/C16H16N2O3/c1-11-5-4-6-14(9-11)17(3)15-8-7-13(12(2)19)10-16(15)18(20)21/h4-10H,1-3H3. The number of carbonyl (C=O) groups is 1. The predicted molar refractivity (Wildman–Crippen MR) is 82.3 cm³/mol. The van der Waals surface area contributed by atoms with E-state index >= 15 is 0 Å². The summed E-state index contributed by atoms with van der Waals surface area (Å²) < 4.78 is 0. The Labute approximate surface area is 123 Å². The number of hydrogen-bond donors (Lipinski definition) is 0. The molecule has 0 fully saturated rings. The Kier molecular flexibility index (Phi) is 4.03. The molecule has 0 aliphatic carbocycles. The Hall–Kier alpha value is -2.69. The summed E-state index contributed by atoms with van der Waals surface area (Å²) in [7, 11) is 1.77. The van der Waals surface area contributed by atoms with E-state index in [2.05, 4.69) is 0 Å². The van der Waals surface area contributed by atoms with E-state index in [1.807, 2.05) is 31.2 Å². The van der Waals surface area contributed by atoms with Crippen molar-refractivity contribution in [3.8, 4) is 0 Å². The van der Waals surface area contributed by atoms with Crippen LogP contribution in [0.4, 0.5) is 17.1 Å². The molecule has 0 saturated heterocycles. The first-order chi connectivity index (χ1) is 9.90. The first-order valence-electron chi connectivity index (χ1n) is 6.50. The highest BCUT2D eigenvalue weighted by Gasteiger charge is 2.20. The topological polar surface area (TPSA) is 63.5 Å². The minimum absolute atomic E-state index is 0.0771. The summed E-state index contributed by atoms with van der Waals surface area (Å²) in [6.07, 6.45) is 0. The first kappa shape index (κ1) is 14.7. The molecule has 2 aromatic carbocycles. The van der Waals surface area contributed by atoms with Crippen molar-refractivity contribution in [1.29, 1.82) is 0 Å². The fraction of sp³-hybridized carbons (Fsp3) is 0.188. The van der Waals surface area contributed by atoms with Crippen LogP contribution in [-0.4, -0.2) is 17.8 Å². The number of anilines is 2. The second-order valence-corrected chi connectivity index (χ2v) is 4.91. The third-order valence-electron chi connectivity index (χ3n) is 3.33. The van der Waals surface area contributed by atoms with E-state index in [1.165, 1.54) is 13.0 Å². The molecule has 5 heteroatoms. The molecule has 21 heavy (non-hydrogen) atoms. The molecule has 0 N–H and O–H groups in total. The number of rotatable bonds is 4. The molecule has 0 atom stereocenters. The lowest BCUT2D eigenvalue weighted by atomic mass is 10.1. The Morgan fingerprint density at radius 1 is 1.19 bits per heavy atom. The largest absolute Gasteiger partial charge is 0.339 e. The molecule has 0 aliphatic rings. The number of benzene rings is 2. The third kappa shape index (κ3) is 3.08. The van der Waals surface area contributed by atoms with E-state index in [4.69, 9.17) is 0 Å². The van der Waals surface area contributed by atoms with E-state index < -0.39 is 4.92 Å². The third-order valence-corrected chi connectivity index (χ3v) is 3.33. The molecule has 0 spiro atoms. The number of ketones is 1. The average Bonchev–Trinajstić information content (AvgIpc) is 2.45. The van der Waals surface area contributed by atoms with Crippen LogP contribution >= 0.6 is 0 Å². The maximum Gasteiger partial charge on any atom is 0.293 e. The summed E-state index contributed by atoms with van der Waals surface area (Å²) in [5, 5.41) is 11.3. The highest BCUT2D eigenvalue weighted by atomic mass is 16.6. The summed E-state index contributed by atoms with van der Waals surface area (Å²) in [5.74, 6) is -0.192. The molecule has 0 bridgehead atoms. The highest BCUT2D eigenvalue weighted by molar-refractivity contribution is 5.95. The van der Waals surface area contributed by atoms with Gasteiger partial charge in [0.25, 0.3) is 5.69 Å². The van der Waals surface area contributed by atoms with Crippen LogP contribution in [0.1, 0.15) is 22.8 Å². The van der Waals surface area contributed by atoms with Gasteiger partial charge >= 0.3 is 0 Å². The summed E-state index contributed by atoms with van der Waals surface area (Å²) in [5.41, 5.74) is 2.64. The molecule has 2 aromatic rings. The quantitative estimate of drug-likeness (QED) is 0.485. The number of carbonyl (C=O) groups excluding carboxylic acids is 1. The minimum Gasteiger partial charge on any atom is -0.339 e. The van der Waals surface area contributed by atoms with Crippen molar-refractivity contribution in [3.05, 3.63) is 63.7 Å². The molecule has 0 aromatic heterocycles.